The van der Waals surface area contributed by atoms with Gasteiger partial charge in [-0.25, -0.2) is 4.98 Å². The lowest BCUT2D eigenvalue weighted by atomic mass is 10.0. The number of hydrogen-bond acceptors (Lipinski definition) is 7. The van der Waals surface area contributed by atoms with Gasteiger partial charge in [0.2, 0.25) is 0 Å². The minimum Gasteiger partial charge on any atom is -0.348 e. The predicted octanol–water partition coefficient (Wildman–Crippen LogP) is 3.49. The van der Waals surface area contributed by atoms with E-state index in [0.29, 0.717) is 28.6 Å². The molecule has 0 bridgehead atoms. The number of benzene rings is 2. The average molecular weight is 474 g/mol. The largest absolute Gasteiger partial charge is 0.348 e. The summed E-state index contributed by atoms with van der Waals surface area (Å²) >= 11 is 1.56. The van der Waals surface area contributed by atoms with Crippen LogP contribution in [0.2, 0.25) is 0 Å². The van der Waals surface area contributed by atoms with Gasteiger partial charge in [0, 0.05) is 22.5 Å². The molecule has 1 aliphatic carbocycles. The van der Waals surface area contributed by atoms with E-state index in [2.05, 4.69) is 31.1 Å². The van der Waals surface area contributed by atoms with Crippen molar-refractivity contribution in [1.29, 1.82) is 0 Å². The fourth-order valence-corrected chi connectivity index (χ4v) is 4.95. The maximum absolute atomic E-state index is 12.7. The van der Waals surface area contributed by atoms with Gasteiger partial charge < -0.3 is 5.32 Å². The molecule has 2 amide bonds. The maximum Gasteiger partial charge on any atom is 0.257 e. The van der Waals surface area contributed by atoms with Crippen molar-refractivity contribution in [3.63, 3.8) is 0 Å². The molecule has 0 radical (unpaired) electrons. The number of anilines is 1. The Morgan fingerprint density at radius 3 is 2.62 bits per heavy atom. The van der Waals surface area contributed by atoms with Crippen LogP contribution in [0.15, 0.2) is 48.5 Å². The number of aromatic nitrogens is 5. The summed E-state index contributed by atoms with van der Waals surface area (Å²) in [5.74, 6) is 0.256. The van der Waals surface area contributed by atoms with Gasteiger partial charge in [0.25, 0.3) is 11.8 Å². The number of carbonyl (C=O) groups is 2. The zero-order valence-corrected chi connectivity index (χ0v) is 19.4. The van der Waals surface area contributed by atoms with Crippen LogP contribution >= 0.6 is 11.3 Å². The summed E-state index contributed by atoms with van der Waals surface area (Å²) in [6.07, 6.45) is 4.36. The molecule has 0 saturated heterocycles. The molecule has 0 atom stereocenters. The number of hydrogen-bond donors (Lipinski definition) is 2. The third kappa shape index (κ3) is 4.72. The molecule has 1 aliphatic rings. The average Bonchev–Trinajstić information content (AvgIpc) is 3.48. The fraction of sp³-hybridized carbons (Fsp3) is 0.250. The van der Waals surface area contributed by atoms with Gasteiger partial charge in [0.1, 0.15) is 0 Å². The number of nitrogens with zero attached hydrogens (tertiary/aromatic N) is 5. The SMILES string of the molecule is Cc1nnnn1-c1ccc(C(=O)NCc2cccc(C(=O)Nc3nc4c(s3)CCCC4)c2)cc1. The molecule has 4 aromatic rings. The molecule has 34 heavy (non-hydrogen) atoms. The zero-order valence-electron chi connectivity index (χ0n) is 18.6. The lowest BCUT2D eigenvalue weighted by Gasteiger charge is -2.08. The van der Waals surface area contributed by atoms with Crippen molar-refractivity contribution >= 4 is 28.3 Å². The van der Waals surface area contributed by atoms with E-state index >= 15 is 0 Å². The molecule has 0 spiro atoms. The van der Waals surface area contributed by atoms with Gasteiger partial charge in [-0.05, 0) is 85.0 Å². The van der Waals surface area contributed by atoms with E-state index in [1.54, 1.807) is 59.3 Å². The van der Waals surface area contributed by atoms with Crippen LogP contribution in [0.25, 0.3) is 5.69 Å². The van der Waals surface area contributed by atoms with Gasteiger partial charge >= 0.3 is 0 Å². The van der Waals surface area contributed by atoms with E-state index in [-0.39, 0.29) is 11.8 Å². The zero-order chi connectivity index (χ0) is 23.5. The number of rotatable bonds is 6. The quantitative estimate of drug-likeness (QED) is 0.443. The molecule has 5 rings (SSSR count). The lowest BCUT2D eigenvalue weighted by Crippen LogP contribution is -2.23. The van der Waals surface area contributed by atoms with E-state index in [1.807, 2.05) is 12.1 Å². The maximum atomic E-state index is 12.7. The summed E-state index contributed by atoms with van der Waals surface area (Å²) in [6, 6.07) is 14.3. The fourth-order valence-electron chi connectivity index (χ4n) is 3.91. The molecule has 0 unspecified atom stereocenters. The Bertz CT molecular complexity index is 1320. The Kier molecular flexibility index (Phi) is 6.13. The van der Waals surface area contributed by atoms with E-state index in [9.17, 15) is 9.59 Å². The van der Waals surface area contributed by atoms with Crippen molar-refractivity contribution < 1.29 is 9.59 Å². The molecule has 0 aliphatic heterocycles. The van der Waals surface area contributed by atoms with Crippen LogP contribution in [-0.2, 0) is 19.4 Å². The molecule has 2 N–H and O–H groups in total. The molecular weight excluding hydrogens is 450 g/mol. The highest BCUT2D eigenvalue weighted by Gasteiger charge is 2.17. The Morgan fingerprint density at radius 2 is 1.85 bits per heavy atom. The lowest BCUT2D eigenvalue weighted by molar-refractivity contribution is 0.0950. The first-order chi connectivity index (χ1) is 16.6. The molecule has 172 valence electrons. The standard InChI is InChI=1S/C24H23N7O2S/c1-15-28-29-30-31(15)19-11-9-17(10-12-19)22(32)25-14-16-5-4-6-18(13-16)23(33)27-24-26-20-7-2-3-8-21(20)34-24/h4-6,9-13H,2-3,7-8,14H2,1H3,(H,25,32)(H,26,27,33). The van der Waals surface area contributed by atoms with Gasteiger partial charge in [-0.2, -0.15) is 4.68 Å². The Morgan fingerprint density at radius 1 is 1.03 bits per heavy atom. The van der Waals surface area contributed by atoms with Crippen molar-refractivity contribution in [3.8, 4) is 5.69 Å². The Hall–Kier alpha value is -3.92. The minimum atomic E-state index is -0.205. The molecule has 9 nitrogen and oxygen atoms in total. The van der Waals surface area contributed by atoms with Crippen LogP contribution in [-0.4, -0.2) is 37.0 Å². The van der Waals surface area contributed by atoms with Crippen molar-refractivity contribution in [2.75, 3.05) is 5.32 Å². The summed E-state index contributed by atoms with van der Waals surface area (Å²) in [5, 5.41) is 17.9. The topological polar surface area (TPSA) is 115 Å². The van der Waals surface area contributed by atoms with E-state index in [0.717, 1.165) is 36.2 Å². The van der Waals surface area contributed by atoms with E-state index in [1.165, 1.54) is 11.3 Å². The van der Waals surface area contributed by atoms with Crippen molar-refractivity contribution in [1.82, 2.24) is 30.5 Å². The number of carbonyl (C=O) groups excluding carboxylic acids is 2. The highest BCUT2D eigenvalue weighted by molar-refractivity contribution is 7.15. The molecule has 2 aromatic heterocycles. The smallest absolute Gasteiger partial charge is 0.257 e. The second kappa shape index (κ2) is 9.52. The van der Waals surface area contributed by atoms with E-state index in [4.69, 9.17) is 0 Å². The van der Waals surface area contributed by atoms with Crippen LogP contribution in [0.4, 0.5) is 5.13 Å². The summed E-state index contributed by atoms with van der Waals surface area (Å²) in [6.45, 7) is 2.11. The molecular formula is C24H23N7O2S. The summed E-state index contributed by atoms with van der Waals surface area (Å²) in [5.41, 5.74) is 3.78. The van der Waals surface area contributed by atoms with Gasteiger partial charge in [0.05, 0.1) is 11.4 Å². The van der Waals surface area contributed by atoms with Gasteiger partial charge in [0.15, 0.2) is 11.0 Å². The van der Waals surface area contributed by atoms with Crippen molar-refractivity contribution in [3.05, 3.63) is 81.6 Å². The van der Waals surface area contributed by atoms with E-state index < -0.39 is 0 Å². The number of tetrazole rings is 1. The van der Waals surface area contributed by atoms with Crippen LogP contribution in [0.3, 0.4) is 0 Å². The highest BCUT2D eigenvalue weighted by atomic mass is 32.1. The summed E-state index contributed by atoms with van der Waals surface area (Å²) in [4.78, 5) is 31.2. The van der Waals surface area contributed by atoms with Crippen LogP contribution in [0.1, 0.15) is 55.5 Å². The van der Waals surface area contributed by atoms with Crippen molar-refractivity contribution in [2.45, 2.75) is 39.2 Å². The normalized spacial score (nSPS) is 12.7. The molecule has 10 heteroatoms. The molecule has 2 heterocycles. The Labute approximate surface area is 200 Å². The van der Waals surface area contributed by atoms with Gasteiger partial charge in [-0.1, -0.05) is 12.1 Å². The second-order valence-corrected chi connectivity index (χ2v) is 9.20. The first-order valence-corrected chi connectivity index (χ1v) is 11.9. The molecule has 2 aromatic carbocycles. The first-order valence-electron chi connectivity index (χ1n) is 11.1. The summed E-state index contributed by atoms with van der Waals surface area (Å²) in [7, 11) is 0. The second-order valence-electron chi connectivity index (χ2n) is 8.12. The van der Waals surface area contributed by atoms with Crippen LogP contribution in [0, 0.1) is 6.92 Å². The van der Waals surface area contributed by atoms with Crippen LogP contribution in [0.5, 0.6) is 0 Å². The van der Waals surface area contributed by atoms with Gasteiger partial charge in [-0.3, -0.25) is 14.9 Å². The number of amides is 2. The van der Waals surface area contributed by atoms with Crippen LogP contribution < -0.4 is 10.6 Å². The molecule has 0 fully saturated rings. The third-order valence-electron chi connectivity index (χ3n) is 5.71. The van der Waals surface area contributed by atoms with Gasteiger partial charge in [-0.15, -0.1) is 16.4 Å². The van der Waals surface area contributed by atoms with Crippen molar-refractivity contribution in [2.24, 2.45) is 0 Å². The number of aryl methyl sites for hydroxylation is 3. The predicted molar refractivity (Wildman–Crippen MR) is 128 cm³/mol. The Balaban J connectivity index is 1.20. The highest BCUT2D eigenvalue weighted by Crippen LogP contribution is 2.29. The molecule has 0 saturated carbocycles. The first kappa shape index (κ1) is 21.9. The minimum absolute atomic E-state index is 0.201. The number of fused-ring (bicyclic) bond motifs is 1. The number of nitrogens with one attached hydrogen (secondary N) is 2. The monoisotopic (exact) mass is 473 g/mol. The number of thiazole rings is 1. The third-order valence-corrected chi connectivity index (χ3v) is 6.78. The summed E-state index contributed by atoms with van der Waals surface area (Å²) < 4.78 is 1.60.